The molecule has 2 aliphatic rings. The van der Waals surface area contributed by atoms with Gasteiger partial charge in [-0.1, -0.05) is 12.1 Å². The van der Waals surface area contributed by atoms with Crippen molar-refractivity contribution in [3.05, 3.63) is 35.4 Å². The van der Waals surface area contributed by atoms with E-state index in [1.807, 2.05) is 18.2 Å². The molecule has 1 aromatic carbocycles. The van der Waals surface area contributed by atoms with Crippen molar-refractivity contribution >= 4 is 11.9 Å². The van der Waals surface area contributed by atoms with Crippen molar-refractivity contribution in [1.29, 1.82) is 0 Å². The third kappa shape index (κ3) is 5.98. The van der Waals surface area contributed by atoms with E-state index in [4.69, 9.17) is 4.99 Å². The van der Waals surface area contributed by atoms with Gasteiger partial charge in [-0.15, -0.1) is 0 Å². The highest BCUT2D eigenvalue weighted by molar-refractivity contribution is 5.94. The normalized spacial score (nSPS) is 17.1. The molecule has 0 atom stereocenters. The van der Waals surface area contributed by atoms with Gasteiger partial charge in [0.25, 0.3) is 5.91 Å². The molecule has 0 aliphatic heterocycles. The summed E-state index contributed by atoms with van der Waals surface area (Å²) in [5.41, 5.74) is 1.91. The van der Waals surface area contributed by atoms with Crippen molar-refractivity contribution in [3.8, 4) is 0 Å². The lowest BCUT2D eigenvalue weighted by Crippen LogP contribution is -2.38. The van der Waals surface area contributed by atoms with E-state index in [0.717, 1.165) is 55.3 Å². The third-order valence-electron chi connectivity index (χ3n) is 5.55. The van der Waals surface area contributed by atoms with Gasteiger partial charge in [0.2, 0.25) is 0 Å². The Morgan fingerprint density at radius 1 is 1.19 bits per heavy atom. The molecule has 2 fully saturated rings. The van der Waals surface area contributed by atoms with Crippen LogP contribution in [0.5, 0.6) is 0 Å². The minimum Gasteiger partial charge on any atom is -0.357 e. The van der Waals surface area contributed by atoms with Gasteiger partial charge < -0.3 is 15.5 Å². The number of hydrogen-bond acceptors (Lipinski definition) is 2. The number of nitrogens with one attached hydrogen (secondary N) is 2. The first-order chi connectivity index (χ1) is 13.1. The summed E-state index contributed by atoms with van der Waals surface area (Å²) in [6.45, 7) is 4.74. The molecular weight excluding hydrogens is 336 g/mol. The molecule has 27 heavy (non-hydrogen) atoms. The van der Waals surface area contributed by atoms with Crippen molar-refractivity contribution in [2.45, 2.75) is 39.0 Å². The standard InChI is InChI=1S/C22H34N4O/c1-4-23-22(25-15-20(17-8-9-17)18-10-11-18)24-13-12-16-6-5-7-19(14-16)21(27)26(2)3/h5-7,14,17-18,20H,4,8-13,15H2,1-3H3,(H2,23,24,25). The Bertz CT molecular complexity index is 650. The fourth-order valence-corrected chi connectivity index (χ4v) is 3.71. The molecule has 5 heteroatoms. The number of amides is 1. The van der Waals surface area contributed by atoms with Crippen molar-refractivity contribution in [1.82, 2.24) is 15.5 Å². The number of guanidine groups is 1. The second-order valence-electron chi connectivity index (χ2n) is 8.14. The highest BCUT2D eigenvalue weighted by atomic mass is 16.2. The van der Waals surface area contributed by atoms with Gasteiger partial charge in [0.15, 0.2) is 5.96 Å². The molecule has 0 bridgehead atoms. The van der Waals surface area contributed by atoms with E-state index in [1.165, 1.54) is 31.2 Å². The van der Waals surface area contributed by atoms with Crippen LogP contribution in [0.3, 0.4) is 0 Å². The van der Waals surface area contributed by atoms with E-state index in [-0.39, 0.29) is 5.91 Å². The summed E-state index contributed by atoms with van der Waals surface area (Å²) >= 11 is 0. The highest BCUT2D eigenvalue weighted by Crippen LogP contribution is 2.49. The van der Waals surface area contributed by atoms with Gasteiger partial charge in [0.1, 0.15) is 0 Å². The monoisotopic (exact) mass is 370 g/mol. The van der Waals surface area contributed by atoms with Gasteiger partial charge in [-0.25, -0.2) is 0 Å². The summed E-state index contributed by atoms with van der Waals surface area (Å²) in [6, 6.07) is 7.90. The lowest BCUT2D eigenvalue weighted by molar-refractivity contribution is 0.0827. The van der Waals surface area contributed by atoms with Gasteiger partial charge in [0.05, 0.1) is 0 Å². The summed E-state index contributed by atoms with van der Waals surface area (Å²) in [6.07, 6.45) is 6.49. The maximum atomic E-state index is 12.1. The molecule has 2 N–H and O–H groups in total. The van der Waals surface area contributed by atoms with Crippen LogP contribution < -0.4 is 10.6 Å². The maximum absolute atomic E-state index is 12.1. The van der Waals surface area contributed by atoms with E-state index < -0.39 is 0 Å². The molecule has 2 aliphatic carbocycles. The molecule has 0 radical (unpaired) electrons. The zero-order valence-corrected chi connectivity index (χ0v) is 17.0. The molecule has 0 saturated heterocycles. The van der Waals surface area contributed by atoms with Gasteiger partial charge in [-0.2, -0.15) is 0 Å². The Morgan fingerprint density at radius 2 is 1.89 bits per heavy atom. The number of hydrogen-bond donors (Lipinski definition) is 2. The first-order valence-electron chi connectivity index (χ1n) is 10.4. The summed E-state index contributed by atoms with van der Waals surface area (Å²) < 4.78 is 0. The van der Waals surface area contributed by atoms with Gasteiger partial charge in [-0.3, -0.25) is 9.79 Å². The van der Waals surface area contributed by atoms with Crippen molar-refractivity contribution in [2.24, 2.45) is 22.7 Å². The van der Waals surface area contributed by atoms with Crippen LogP contribution >= 0.6 is 0 Å². The van der Waals surface area contributed by atoms with E-state index >= 15 is 0 Å². The minimum absolute atomic E-state index is 0.0471. The fraction of sp³-hybridized carbons (Fsp3) is 0.636. The molecule has 1 aromatic rings. The smallest absolute Gasteiger partial charge is 0.253 e. The lowest BCUT2D eigenvalue weighted by atomic mass is 9.98. The van der Waals surface area contributed by atoms with Crippen LogP contribution in [-0.4, -0.2) is 50.5 Å². The van der Waals surface area contributed by atoms with Crippen LogP contribution in [0.25, 0.3) is 0 Å². The Morgan fingerprint density at radius 3 is 2.48 bits per heavy atom. The molecule has 2 saturated carbocycles. The number of carbonyl (C=O) groups is 1. The van der Waals surface area contributed by atoms with Crippen LogP contribution in [0.1, 0.15) is 48.5 Å². The quantitative estimate of drug-likeness (QED) is 0.519. The molecule has 5 nitrogen and oxygen atoms in total. The number of aliphatic imine (C=N–C) groups is 1. The molecule has 0 aromatic heterocycles. The van der Waals surface area contributed by atoms with E-state index in [9.17, 15) is 4.79 Å². The third-order valence-corrected chi connectivity index (χ3v) is 5.55. The molecule has 148 valence electrons. The van der Waals surface area contributed by atoms with Crippen molar-refractivity contribution < 1.29 is 4.79 Å². The van der Waals surface area contributed by atoms with E-state index in [2.05, 4.69) is 23.6 Å². The lowest BCUT2D eigenvalue weighted by Gasteiger charge is -2.16. The average Bonchev–Trinajstić information content (AvgIpc) is 3.55. The zero-order valence-electron chi connectivity index (χ0n) is 17.0. The Hall–Kier alpha value is -2.04. The topological polar surface area (TPSA) is 56.7 Å². The highest BCUT2D eigenvalue weighted by Gasteiger charge is 2.41. The Labute approximate surface area is 163 Å². The van der Waals surface area contributed by atoms with Crippen LogP contribution in [0.4, 0.5) is 0 Å². The van der Waals surface area contributed by atoms with Crippen LogP contribution in [0, 0.1) is 17.8 Å². The molecular formula is C22H34N4O. The molecule has 0 unspecified atom stereocenters. The predicted octanol–water partition coefficient (Wildman–Crippen LogP) is 2.92. The van der Waals surface area contributed by atoms with Crippen LogP contribution in [0.15, 0.2) is 29.3 Å². The fourth-order valence-electron chi connectivity index (χ4n) is 3.71. The largest absolute Gasteiger partial charge is 0.357 e. The summed E-state index contributed by atoms with van der Waals surface area (Å²) in [7, 11) is 3.57. The maximum Gasteiger partial charge on any atom is 0.253 e. The zero-order chi connectivity index (χ0) is 19.2. The second-order valence-corrected chi connectivity index (χ2v) is 8.14. The first kappa shape index (κ1) is 19.7. The van der Waals surface area contributed by atoms with Crippen LogP contribution in [-0.2, 0) is 6.42 Å². The Kier molecular flexibility index (Phi) is 6.75. The molecule has 0 heterocycles. The minimum atomic E-state index is 0.0471. The number of nitrogens with zero attached hydrogens (tertiary/aromatic N) is 2. The molecule has 1 amide bonds. The molecule has 0 spiro atoms. The molecule has 3 rings (SSSR count). The summed E-state index contributed by atoms with van der Waals surface area (Å²) in [5, 5.41) is 6.82. The second kappa shape index (κ2) is 9.25. The SMILES string of the molecule is CCNC(=NCC(C1CC1)C1CC1)NCCc1cccc(C(=O)N(C)C)c1. The van der Waals surface area contributed by atoms with Crippen molar-refractivity contribution in [3.63, 3.8) is 0 Å². The van der Waals surface area contributed by atoms with E-state index in [1.54, 1.807) is 19.0 Å². The summed E-state index contributed by atoms with van der Waals surface area (Å²) in [5.74, 6) is 3.63. The van der Waals surface area contributed by atoms with Crippen LogP contribution in [0.2, 0.25) is 0 Å². The number of benzene rings is 1. The van der Waals surface area contributed by atoms with E-state index in [0.29, 0.717) is 0 Å². The number of rotatable bonds is 9. The van der Waals surface area contributed by atoms with Crippen molar-refractivity contribution in [2.75, 3.05) is 33.7 Å². The first-order valence-corrected chi connectivity index (χ1v) is 10.4. The Balaban J connectivity index is 1.51. The number of carbonyl (C=O) groups excluding carboxylic acids is 1. The average molecular weight is 371 g/mol. The van der Waals surface area contributed by atoms with Gasteiger partial charge >= 0.3 is 0 Å². The summed E-state index contributed by atoms with van der Waals surface area (Å²) in [4.78, 5) is 18.6. The van der Waals surface area contributed by atoms with Gasteiger partial charge in [0, 0.05) is 39.3 Å². The predicted molar refractivity (Wildman–Crippen MR) is 111 cm³/mol. The van der Waals surface area contributed by atoms with Gasteiger partial charge in [-0.05, 0) is 74.5 Å².